The molecule has 0 radical (unpaired) electrons. The lowest BCUT2D eigenvalue weighted by molar-refractivity contribution is -0.137. The van der Waals surface area contributed by atoms with Crippen molar-refractivity contribution in [1.82, 2.24) is 9.55 Å². The van der Waals surface area contributed by atoms with Gasteiger partial charge in [-0.05, 0) is 34.1 Å². The molecule has 0 saturated carbocycles. The zero-order valence-corrected chi connectivity index (χ0v) is 10.9. The standard InChI is InChI=1S/C11H9BrF3N3/c1-16-10-17-4-5-18(10)9-6-7(11(13,14)15)2-3-8(9)12/h2-6H,1H3,(H,16,17). The Kier molecular flexibility index (Phi) is 3.34. The van der Waals surface area contributed by atoms with Crippen molar-refractivity contribution in [3.8, 4) is 5.69 Å². The number of rotatable bonds is 2. The molecule has 0 atom stereocenters. The topological polar surface area (TPSA) is 29.9 Å². The predicted octanol–water partition coefficient (Wildman–Crippen LogP) is 3.70. The minimum atomic E-state index is -4.37. The van der Waals surface area contributed by atoms with Gasteiger partial charge in [0, 0.05) is 23.9 Å². The average Bonchev–Trinajstić information content (AvgIpc) is 2.76. The van der Waals surface area contributed by atoms with E-state index in [4.69, 9.17) is 0 Å². The highest BCUT2D eigenvalue weighted by Gasteiger charge is 2.31. The van der Waals surface area contributed by atoms with Crippen molar-refractivity contribution in [3.05, 3.63) is 40.6 Å². The number of hydrogen-bond acceptors (Lipinski definition) is 2. The fraction of sp³-hybridized carbons (Fsp3) is 0.182. The van der Waals surface area contributed by atoms with Crippen LogP contribution in [0.4, 0.5) is 19.1 Å². The van der Waals surface area contributed by atoms with Gasteiger partial charge < -0.3 is 5.32 Å². The van der Waals surface area contributed by atoms with Crippen molar-refractivity contribution < 1.29 is 13.2 Å². The summed E-state index contributed by atoms with van der Waals surface area (Å²) in [6, 6.07) is 3.48. The summed E-state index contributed by atoms with van der Waals surface area (Å²) in [6.45, 7) is 0. The number of imidazole rings is 1. The van der Waals surface area contributed by atoms with Gasteiger partial charge in [0.1, 0.15) is 0 Å². The summed E-state index contributed by atoms with van der Waals surface area (Å²) in [5, 5.41) is 2.81. The van der Waals surface area contributed by atoms with Crippen LogP contribution in [-0.2, 0) is 6.18 Å². The summed E-state index contributed by atoms with van der Waals surface area (Å²) >= 11 is 3.24. The number of nitrogens with one attached hydrogen (secondary N) is 1. The highest BCUT2D eigenvalue weighted by atomic mass is 79.9. The van der Waals surface area contributed by atoms with Gasteiger partial charge in [-0.1, -0.05) is 0 Å². The molecule has 3 nitrogen and oxygen atoms in total. The number of anilines is 1. The second-order valence-electron chi connectivity index (χ2n) is 3.53. The van der Waals surface area contributed by atoms with Crippen molar-refractivity contribution >= 4 is 21.9 Å². The maximum atomic E-state index is 12.7. The molecular weight excluding hydrogens is 311 g/mol. The van der Waals surface area contributed by atoms with E-state index in [1.165, 1.54) is 12.3 Å². The highest BCUT2D eigenvalue weighted by molar-refractivity contribution is 9.10. The summed E-state index contributed by atoms with van der Waals surface area (Å²) in [6.07, 6.45) is -1.26. The van der Waals surface area contributed by atoms with Gasteiger partial charge in [-0.15, -0.1) is 0 Å². The summed E-state index contributed by atoms with van der Waals surface area (Å²) < 4.78 is 40.1. The zero-order chi connectivity index (χ0) is 13.3. The van der Waals surface area contributed by atoms with Crippen LogP contribution >= 0.6 is 15.9 Å². The molecule has 7 heteroatoms. The Morgan fingerprint density at radius 3 is 2.67 bits per heavy atom. The number of nitrogens with zero attached hydrogens (tertiary/aromatic N) is 2. The minimum Gasteiger partial charge on any atom is -0.358 e. The van der Waals surface area contributed by atoms with Crippen molar-refractivity contribution in [2.45, 2.75) is 6.18 Å². The molecule has 18 heavy (non-hydrogen) atoms. The lowest BCUT2D eigenvalue weighted by Gasteiger charge is -2.13. The first-order valence-electron chi connectivity index (χ1n) is 5.01. The van der Waals surface area contributed by atoms with E-state index in [1.807, 2.05) is 0 Å². The van der Waals surface area contributed by atoms with E-state index in [9.17, 15) is 13.2 Å². The predicted molar refractivity (Wildman–Crippen MR) is 65.8 cm³/mol. The molecule has 0 aliphatic rings. The molecule has 96 valence electrons. The van der Waals surface area contributed by atoms with E-state index in [0.29, 0.717) is 16.1 Å². The molecule has 0 saturated heterocycles. The monoisotopic (exact) mass is 319 g/mol. The molecule has 2 rings (SSSR count). The fourth-order valence-corrected chi connectivity index (χ4v) is 1.99. The van der Waals surface area contributed by atoms with Gasteiger partial charge >= 0.3 is 6.18 Å². The van der Waals surface area contributed by atoms with Crippen LogP contribution < -0.4 is 5.32 Å². The van der Waals surface area contributed by atoms with Gasteiger partial charge in [0.25, 0.3) is 0 Å². The Hall–Kier alpha value is -1.50. The molecule has 1 aromatic heterocycles. The molecule has 0 bridgehead atoms. The van der Waals surface area contributed by atoms with Crippen molar-refractivity contribution in [1.29, 1.82) is 0 Å². The second-order valence-corrected chi connectivity index (χ2v) is 4.39. The first kappa shape index (κ1) is 12.9. The smallest absolute Gasteiger partial charge is 0.358 e. The quantitative estimate of drug-likeness (QED) is 0.914. The van der Waals surface area contributed by atoms with E-state index < -0.39 is 11.7 Å². The number of benzene rings is 1. The van der Waals surface area contributed by atoms with Crippen LogP contribution in [0.15, 0.2) is 35.1 Å². The molecule has 1 heterocycles. The first-order chi connectivity index (χ1) is 8.43. The summed E-state index contributed by atoms with van der Waals surface area (Å²) in [5.41, 5.74) is -0.317. The second kappa shape index (κ2) is 4.64. The molecule has 0 fully saturated rings. The van der Waals surface area contributed by atoms with Crippen LogP contribution in [0.25, 0.3) is 5.69 Å². The zero-order valence-electron chi connectivity index (χ0n) is 9.29. The normalized spacial score (nSPS) is 11.6. The van der Waals surface area contributed by atoms with Gasteiger partial charge in [-0.2, -0.15) is 13.2 Å². The van der Waals surface area contributed by atoms with Gasteiger partial charge in [0.05, 0.1) is 11.3 Å². The van der Waals surface area contributed by atoms with Crippen LogP contribution in [-0.4, -0.2) is 16.6 Å². The minimum absolute atomic E-state index is 0.381. The lowest BCUT2D eigenvalue weighted by atomic mass is 10.2. The number of alkyl halides is 3. The maximum Gasteiger partial charge on any atom is 0.416 e. The summed E-state index contributed by atoms with van der Waals surface area (Å²) in [7, 11) is 1.65. The van der Waals surface area contributed by atoms with E-state index in [0.717, 1.165) is 12.1 Å². The Morgan fingerprint density at radius 2 is 2.06 bits per heavy atom. The number of aromatic nitrogens is 2. The molecule has 0 amide bonds. The van der Waals surface area contributed by atoms with E-state index in [-0.39, 0.29) is 0 Å². The van der Waals surface area contributed by atoms with E-state index in [2.05, 4.69) is 26.2 Å². The van der Waals surface area contributed by atoms with Crippen LogP contribution in [0.5, 0.6) is 0 Å². The summed E-state index contributed by atoms with van der Waals surface area (Å²) in [5.74, 6) is 0.468. The van der Waals surface area contributed by atoms with Gasteiger partial charge in [-0.25, -0.2) is 4.98 Å². The largest absolute Gasteiger partial charge is 0.416 e. The fourth-order valence-electron chi connectivity index (χ4n) is 1.56. The third-order valence-corrected chi connectivity index (χ3v) is 3.07. The van der Waals surface area contributed by atoms with Gasteiger partial charge in [0.15, 0.2) is 0 Å². The van der Waals surface area contributed by atoms with Crippen LogP contribution in [0.3, 0.4) is 0 Å². The number of halogens is 4. The Morgan fingerprint density at radius 1 is 1.33 bits per heavy atom. The third kappa shape index (κ3) is 2.35. The molecule has 2 aromatic rings. The van der Waals surface area contributed by atoms with Crippen molar-refractivity contribution in [2.24, 2.45) is 0 Å². The van der Waals surface area contributed by atoms with Gasteiger partial charge in [-0.3, -0.25) is 4.57 Å². The highest BCUT2D eigenvalue weighted by Crippen LogP contribution is 2.33. The summed E-state index contributed by atoms with van der Waals surface area (Å²) in [4.78, 5) is 3.99. The number of hydrogen-bond donors (Lipinski definition) is 1. The van der Waals surface area contributed by atoms with Crippen LogP contribution in [0.1, 0.15) is 5.56 Å². The maximum absolute atomic E-state index is 12.7. The SMILES string of the molecule is CNc1nccn1-c1cc(C(F)(F)F)ccc1Br. The van der Waals surface area contributed by atoms with Crippen molar-refractivity contribution in [3.63, 3.8) is 0 Å². The van der Waals surface area contributed by atoms with Crippen LogP contribution in [0.2, 0.25) is 0 Å². The van der Waals surface area contributed by atoms with E-state index in [1.54, 1.807) is 17.8 Å². The lowest BCUT2D eigenvalue weighted by Crippen LogP contribution is -2.07. The van der Waals surface area contributed by atoms with E-state index >= 15 is 0 Å². The molecule has 1 aromatic carbocycles. The van der Waals surface area contributed by atoms with Crippen LogP contribution in [0, 0.1) is 0 Å². The Balaban J connectivity index is 2.57. The third-order valence-electron chi connectivity index (χ3n) is 2.40. The molecule has 0 spiro atoms. The van der Waals surface area contributed by atoms with Gasteiger partial charge in [0.2, 0.25) is 5.95 Å². The molecule has 0 unspecified atom stereocenters. The first-order valence-corrected chi connectivity index (χ1v) is 5.81. The molecule has 1 N–H and O–H groups in total. The van der Waals surface area contributed by atoms with Crippen molar-refractivity contribution in [2.75, 3.05) is 12.4 Å². The Bertz CT molecular complexity index is 563. The molecule has 0 aliphatic carbocycles. The molecular formula is C11H9BrF3N3. The average molecular weight is 320 g/mol. The molecule has 0 aliphatic heterocycles. The Labute approximate surface area is 110 Å².